The maximum atomic E-state index is 5.53. The van der Waals surface area contributed by atoms with Gasteiger partial charge in [0.25, 0.3) is 0 Å². The van der Waals surface area contributed by atoms with Gasteiger partial charge in [-0.3, -0.25) is 4.98 Å². The fraction of sp³-hybridized carbons (Fsp3) is 0.500. The molecule has 0 bridgehead atoms. The first-order valence-electron chi connectivity index (χ1n) is 4.87. The molecular weight excluding hydrogens is 176 g/mol. The number of hydrogen-bond acceptors (Lipinski definition) is 4. The van der Waals surface area contributed by atoms with Crippen molar-refractivity contribution in [3.63, 3.8) is 0 Å². The molecule has 0 unspecified atom stereocenters. The number of hydrogen-bond donors (Lipinski definition) is 3. The zero-order chi connectivity index (χ0) is 10.2. The zero-order valence-corrected chi connectivity index (χ0v) is 8.32. The molecule has 0 radical (unpaired) electrons. The Balaban J connectivity index is 2.21. The van der Waals surface area contributed by atoms with Crippen molar-refractivity contribution < 1.29 is 0 Å². The van der Waals surface area contributed by atoms with Gasteiger partial charge in [-0.25, -0.2) is 0 Å². The van der Waals surface area contributed by atoms with Crippen LogP contribution in [0.1, 0.15) is 5.69 Å². The maximum absolute atomic E-state index is 5.53. The Bertz CT molecular complexity index is 233. The molecule has 1 aromatic heterocycles. The van der Waals surface area contributed by atoms with E-state index in [4.69, 9.17) is 11.5 Å². The van der Waals surface area contributed by atoms with Crippen LogP contribution in [0.25, 0.3) is 0 Å². The Hall–Kier alpha value is -0.970. The average Bonchev–Trinajstić information content (AvgIpc) is 2.26. The van der Waals surface area contributed by atoms with Gasteiger partial charge in [0.15, 0.2) is 0 Å². The second-order valence-corrected chi connectivity index (χ2v) is 3.29. The van der Waals surface area contributed by atoms with E-state index in [9.17, 15) is 0 Å². The number of pyridine rings is 1. The van der Waals surface area contributed by atoms with E-state index in [2.05, 4.69) is 10.3 Å². The highest BCUT2D eigenvalue weighted by Crippen LogP contribution is 1.93. The molecule has 0 fully saturated rings. The fourth-order valence-electron chi connectivity index (χ4n) is 1.17. The number of aromatic nitrogens is 1. The lowest BCUT2D eigenvalue weighted by Crippen LogP contribution is -2.33. The molecule has 0 aromatic carbocycles. The molecule has 0 atom stereocenters. The third-order valence-electron chi connectivity index (χ3n) is 2.13. The van der Waals surface area contributed by atoms with E-state index in [-0.39, 0.29) is 0 Å². The summed E-state index contributed by atoms with van der Waals surface area (Å²) in [5.74, 6) is 0.360. The Morgan fingerprint density at radius 2 is 2.07 bits per heavy atom. The molecule has 14 heavy (non-hydrogen) atoms. The largest absolute Gasteiger partial charge is 0.330 e. The van der Waals surface area contributed by atoms with Gasteiger partial charge in [0.05, 0.1) is 5.69 Å². The van der Waals surface area contributed by atoms with Crippen molar-refractivity contribution in [3.8, 4) is 0 Å². The van der Waals surface area contributed by atoms with Crippen LogP contribution in [0.15, 0.2) is 24.4 Å². The smallest absolute Gasteiger partial charge is 0.0541 e. The molecule has 0 aliphatic rings. The Morgan fingerprint density at radius 1 is 1.29 bits per heavy atom. The SMILES string of the molecule is NCC(CN)CNCc1ccccn1. The Morgan fingerprint density at radius 3 is 2.64 bits per heavy atom. The van der Waals surface area contributed by atoms with Crippen LogP contribution < -0.4 is 16.8 Å². The lowest BCUT2D eigenvalue weighted by Gasteiger charge is -2.12. The van der Waals surface area contributed by atoms with Crippen molar-refractivity contribution in [1.29, 1.82) is 0 Å². The molecule has 1 heterocycles. The second-order valence-electron chi connectivity index (χ2n) is 3.29. The first kappa shape index (κ1) is 11.1. The predicted molar refractivity (Wildman–Crippen MR) is 57.5 cm³/mol. The molecule has 5 N–H and O–H groups in total. The minimum absolute atomic E-state index is 0.360. The molecule has 1 aromatic rings. The highest BCUT2D eigenvalue weighted by molar-refractivity contribution is 5.02. The Kier molecular flexibility index (Phi) is 5.14. The van der Waals surface area contributed by atoms with Crippen LogP contribution in [0.4, 0.5) is 0 Å². The molecule has 1 rings (SSSR count). The van der Waals surface area contributed by atoms with Crippen molar-refractivity contribution in [1.82, 2.24) is 10.3 Å². The van der Waals surface area contributed by atoms with Gasteiger partial charge in [-0.2, -0.15) is 0 Å². The molecular formula is C10H18N4. The van der Waals surface area contributed by atoms with E-state index in [1.165, 1.54) is 0 Å². The lowest BCUT2D eigenvalue weighted by molar-refractivity contribution is 0.491. The van der Waals surface area contributed by atoms with E-state index in [1.54, 1.807) is 6.20 Å². The molecule has 0 amide bonds. The summed E-state index contributed by atoms with van der Waals surface area (Å²) >= 11 is 0. The first-order chi connectivity index (χ1) is 6.86. The normalized spacial score (nSPS) is 10.8. The highest BCUT2D eigenvalue weighted by atomic mass is 14.9. The van der Waals surface area contributed by atoms with Gasteiger partial charge in [-0.15, -0.1) is 0 Å². The molecule has 0 aliphatic carbocycles. The lowest BCUT2D eigenvalue weighted by atomic mass is 10.1. The van der Waals surface area contributed by atoms with Crippen LogP contribution in [0.3, 0.4) is 0 Å². The third-order valence-corrected chi connectivity index (χ3v) is 2.13. The van der Waals surface area contributed by atoms with Gasteiger partial charge in [0.2, 0.25) is 0 Å². The summed E-state index contributed by atoms with van der Waals surface area (Å²) in [6, 6.07) is 5.88. The Labute approximate surface area is 84.7 Å². The summed E-state index contributed by atoms with van der Waals surface area (Å²) in [5.41, 5.74) is 12.1. The molecule has 0 saturated carbocycles. The standard InChI is InChI=1S/C10H18N4/c11-5-9(6-12)7-13-8-10-3-1-2-4-14-10/h1-4,9,13H,5-8,11-12H2. The molecule has 4 nitrogen and oxygen atoms in total. The molecule has 4 heteroatoms. The summed E-state index contributed by atoms with van der Waals surface area (Å²) in [6.07, 6.45) is 1.79. The minimum atomic E-state index is 0.360. The van der Waals surface area contributed by atoms with Crippen LogP contribution in [-0.4, -0.2) is 24.6 Å². The van der Waals surface area contributed by atoms with Crippen LogP contribution in [0.2, 0.25) is 0 Å². The van der Waals surface area contributed by atoms with Gasteiger partial charge in [0.1, 0.15) is 0 Å². The third kappa shape index (κ3) is 3.83. The van der Waals surface area contributed by atoms with E-state index >= 15 is 0 Å². The van der Waals surface area contributed by atoms with Crippen molar-refractivity contribution in [2.75, 3.05) is 19.6 Å². The van der Waals surface area contributed by atoms with Gasteiger partial charge in [0, 0.05) is 19.3 Å². The minimum Gasteiger partial charge on any atom is -0.330 e. The molecule has 0 saturated heterocycles. The number of rotatable bonds is 6. The first-order valence-corrected chi connectivity index (χ1v) is 4.87. The summed E-state index contributed by atoms with van der Waals surface area (Å²) in [6.45, 7) is 2.89. The van der Waals surface area contributed by atoms with Crippen molar-refractivity contribution >= 4 is 0 Å². The fourth-order valence-corrected chi connectivity index (χ4v) is 1.17. The number of nitrogens with one attached hydrogen (secondary N) is 1. The topological polar surface area (TPSA) is 77.0 Å². The summed E-state index contributed by atoms with van der Waals surface area (Å²) in [7, 11) is 0. The van der Waals surface area contributed by atoms with Crippen LogP contribution in [0, 0.1) is 5.92 Å². The van der Waals surface area contributed by atoms with Gasteiger partial charge in [-0.05, 0) is 31.1 Å². The zero-order valence-electron chi connectivity index (χ0n) is 8.32. The summed E-state index contributed by atoms with van der Waals surface area (Å²) < 4.78 is 0. The van der Waals surface area contributed by atoms with Gasteiger partial charge < -0.3 is 16.8 Å². The maximum Gasteiger partial charge on any atom is 0.0541 e. The van der Waals surface area contributed by atoms with Crippen molar-refractivity contribution in [3.05, 3.63) is 30.1 Å². The summed E-state index contributed by atoms with van der Waals surface area (Å²) in [5, 5.41) is 3.28. The molecule has 0 aliphatic heterocycles. The van der Waals surface area contributed by atoms with E-state index in [0.717, 1.165) is 18.8 Å². The molecule has 78 valence electrons. The number of nitrogens with zero attached hydrogens (tertiary/aromatic N) is 1. The van der Waals surface area contributed by atoms with Crippen molar-refractivity contribution in [2.24, 2.45) is 17.4 Å². The van der Waals surface area contributed by atoms with Crippen LogP contribution in [0.5, 0.6) is 0 Å². The van der Waals surface area contributed by atoms with Gasteiger partial charge in [-0.1, -0.05) is 6.07 Å². The quantitative estimate of drug-likeness (QED) is 0.581. The van der Waals surface area contributed by atoms with Crippen LogP contribution >= 0.6 is 0 Å². The van der Waals surface area contributed by atoms with E-state index < -0.39 is 0 Å². The van der Waals surface area contributed by atoms with Gasteiger partial charge >= 0.3 is 0 Å². The van der Waals surface area contributed by atoms with Crippen LogP contribution in [-0.2, 0) is 6.54 Å². The monoisotopic (exact) mass is 194 g/mol. The van der Waals surface area contributed by atoms with Crippen molar-refractivity contribution in [2.45, 2.75) is 6.54 Å². The average molecular weight is 194 g/mol. The number of nitrogens with two attached hydrogens (primary N) is 2. The van der Waals surface area contributed by atoms with E-state index in [0.29, 0.717) is 19.0 Å². The highest BCUT2D eigenvalue weighted by Gasteiger charge is 2.02. The molecule has 0 spiro atoms. The predicted octanol–water partition coefficient (Wildman–Crippen LogP) is -0.295. The summed E-state index contributed by atoms with van der Waals surface area (Å²) in [4.78, 5) is 4.20. The second kappa shape index (κ2) is 6.48. The van der Waals surface area contributed by atoms with E-state index in [1.807, 2.05) is 18.2 Å².